The molecule has 1 nitrogen and oxygen atoms in total. The van der Waals surface area contributed by atoms with Crippen molar-refractivity contribution in [2.24, 2.45) is 0 Å². The second-order valence-electron chi connectivity index (χ2n) is 3.98. The molecule has 17 heavy (non-hydrogen) atoms. The second-order valence-corrected chi connectivity index (χ2v) is 3.98. The number of rotatable bonds is 1. The van der Waals surface area contributed by atoms with E-state index >= 15 is 0 Å². The Kier molecular flexibility index (Phi) is 2.05. The van der Waals surface area contributed by atoms with Crippen molar-refractivity contribution in [3.05, 3.63) is 66.7 Å². The number of aromatic hydroxyl groups is 1. The Morgan fingerprint density at radius 3 is 2.41 bits per heavy atom. The van der Waals surface area contributed by atoms with Crippen LogP contribution in [0.15, 0.2) is 66.7 Å². The van der Waals surface area contributed by atoms with E-state index in [2.05, 4.69) is 0 Å². The number of benzene rings is 3. The van der Waals surface area contributed by atoms with Crippen LogP contribution in [0.2, 0.25) is 0 Å². The summed E-state index contributed by atoms with van der Waals surface area (Å²) in [6.45, 7) is 0. The SMILES string of the molecule is [2H]c1ccc(-c2ccc(O)cc2)c2ccccc12. The van der Waals surface area contributed by atoms with Gasteiger partial charge in [0.1, 0.15) is 5.75 Å². The highest BCUT2D eigenvalue weighted by Crippen LogP contribution is 2.29. The zero-order chi connectivity index (χ0) is 12.5. The second kappa shape index (κ2) is 3.95. The van der Waals surface area contributed by atoms with Crippen LogP contribution in [0.1, 0.15) is 1.37 Å². The minimum Gasteiger partial charge on any atom is -0.508 e. The van der Waals surface area contributed by atoms with Gasteiger partial charge >= 0.3 is 0 Å². The fraction of sp³-hybridized carbons (Fsp3) is 0. The largest absolute Gasteiger partial charge is 0.508 e. The van der Waals surface area contributed by atoms with Crippen LogP contribution in [0.5, 0.6) is 5.75 Å². The molecule has 0 heterocycles. The Bertz CT molecular complexity index is 702. The normalized spacial score (nSPS) is 11.4. The van der Waals surface area contributed by atoms with E-state index in [0.717, 1.165) is 21.9 Å². The fourth-order valence-corrected chi connectivity index (χ4v) is 2.04. The molecule has 3 aromatic carbocycles. The van der Waals surface area contributed by atoms with E-state index in [1.165, 1.54) is 0 Å². The molecular weight excluding hydrogens is 208 g/mol. The number of hydrogen-bond donors (Lipinski definition) is 1. The average molecular weight is 221 g/mol. The molecule has 0 radical (unpaired) electrons. The van der Waals surface area contributed by atoms with Crippen molar-refractivity contribution in [1.29, 1.82) is 0 Å². The molecule has 0 fully saturated rings. The van der Waals surface area contributed by atoms with Crippen molar-refractivity contribution in [3.63, 3.8) is 0 Å². The molecule has 0 aliphatic carbocycles. The van der Waals surface area contributed by atoms with Crippen molar-refractivity contribution >= 4 is 10.8 Å². The minimum absolute atomic E-state index is 0.264. The molecule has 0 bridgehead atoms. The van der Waals surface area contributed by atoms with E-state index in [0.29, 0.717) is 6.04 Å². The van der Waals surface area contributed by atoms with Gasteiger partial charge in [-0.25, -0.2) is 0 Å². The first-order valence-corrected chi connectivity index (χ1v) is 5.53. The van der Waals surface area contributed by atoms with Crippen LogP contribution >= 0.6 is 0 Å². The van der Waals surface area contributed by atoms with Crippen LogP contribution < -0.4 is 0 Å². The molecule has 3 aromatic rings. The summed E-state index contributed by atoms with van der Waals surface area (Å²) in [4.78, 5) is 0. The van der Waals surface area contributed by atoms with E-state index in [1.54, 1.807) is 12.1 Å². The van der Waals surface area contributed by atoms with E-state index in [1.807, 2.05) is 48.5 Å². The Hall–Kier alpha value is -2.28. The number of hydrogen-bond acceptors (Lipinski definition) is 1. The summed E-state index contributed by atoms with van der Waals surface area (Å²) in [5.41, 5.74) is 2.13. The maximum Gasteiger partial charge on any atom is 0.115 e. The zero-order valence-corrected chi connectivity index (χ0v) is 9.22. The quantitative estimate of drug-likeness (QED) is 0.652. The van der Waals surface area contributed by atoms with Crippen LogP contribution in [0.3, 0.4) is 0 Å². The standard InChI is InChI=1S/C16H12O/c17-14-10-8-13(9-11-14)16-7-3-5-12-4-1-2-6-15(12)16/h1-11,17H/i5D. The van der Waals surface area contributed by atoms with Gasteiger partial charge in [-0.2, -0.15) is 0 Å². The summed E-state index contributed by atoms with van der Waals surface area (Å²) in [6.07, 6.45) is 0. The van der Waals surface area contributed by atoms with Crippen molar-refractivity contribution in [2.45, 2.75) is 0 Å². The van der Waals surface area contributed by atoms with E-state index in [-0.39, 0.29) is 5.75 Å². The molecular formula is C16H12O. The van der Waals surface area contributed by atoms with E-state index in [4.69, 9.17) is 1.37 Å². The van der Waals surface area contributed by atoms with Gasteiger partial charge in [0.15, 0.2) is 0 Å². The molecule has 0 amide bonds. The van der Waals surface area contributed by atoms with E-state index in [9.17, 15) is 5.11 Å². The van der Waals surface area contributed by atoms with Gasteiger partial charge in [0.05, 0.1) is 1.37 Å². The van der Waals surface area contributed by atoms with Crippen molar-refractivity contribution in [3.8, 4) is 16.9 Å². The third-order valence-corrected chi connectivity index (χ3v) is 2.88. The number of phenols is 1. The monoisotopic (exact) mass is 221 g/mol. The van der Waals surface area contributed by atoms with Crippen LogP contribution in [0, 0.1) is 0 Å². The summed E-state index contributed by atoms with van der Waals surface area (Å²) >= 11 is 0. The first-order valence-electron chi connectivity index (χ1n) is 6.03. The van der Waals surface area contributed by atoms with Gasteiger partial charge in [0.2, 0.25) is 0 Å². The molecule has 0 unspecified atom stereocenters. The van der Waals surface area contributed by atoms with Gasteiger partial charge in [-0.3, -0.25) is 0 Å². The molecule has 0 aliphatic rings. The molecule has 0 atom stereocenters. The highest BCUT2D eigenvalue weighted by atomic mass is 16.3. The van der Waals surface area contributed by atoms with Gasteiger partial charge in [-0.1, -0.05) is 54.6 Å². The van der Waals surface area contributed by atoms with Crippen LogP contribution in [0.25, 0.3) is 21.9 Å². The first-order chi connectivity index (χ1) is 8.75. The maximum atomic E-state index is 9.33. The lowest BCUT2D eigenvalue weighted by Crippen LogP contribution is -1.80. The van der Waals surface area contributed by atoms with Gasteiger partial charge in [-0.05, 0) is 34.0 Å². The van der Waals surface area contributed by atoms with Crippen molar-refractivity contribution in [2.75, 3.05) is 0 Å². The summed E-state index contributed by atoms with van der Waals surface area (Å²) in [5, 5.41) is 11.3. The highest BCUT2D eigenvalue weighted by molar-refractivity contribution is 5.96. The van der Waals surface area contributed by atoms with Gasteiger partial charge in [0.25, 0.3) is 0 Å². The third kappa shape index (κ3) is 1.76. The summed E-state index contributed by atoms with van der Waals surface area (Å²) < 4.78 is 7.92. The molecule has 0 spiro atoms. The Morgan fingerprint density at radius 1 is 0.824 bits per heavy atom. The third-order valence-electron chi connectivity index (χ3n) is 2.88. The lowest BCUT2D eigenvalue weighted by molar-refractivity contribution is 0.475. The van der Waals surface area contributed by atoms with Crippen LogP contribution in [-0.2, 0) is 0 Å². The van der Waals surface area contributed by atoms with Gasteiger partial charge < -0.3 is 5.11 Å². The molecule has 0 aliphatic heterocycles. The molecule has 82 valence electrons. The Balaban J connectivity index is 2.30. The predicted molar refractivity (Wildman–Crippen MR) is 71.0 cm³/mol. The molecule has 1 heteroatoms. The van der Waals surface area contributed by atoms with Gasteiger partial charge in [0, 0.05) is 0 Å². The minimum atomic E-state index is 0.264. The molecule has 0 aromatic heterocycles. The molecule has 0 saturated carbocycles. The lowest BCUT2D eigenvalue weighted by atomic mass is 9.98. The van der Waals surface area contributed by atoms with Crippen molar-refractivity contribution < 1.29 is 6.48 Å². The average Bonchev–Trinajstić information content (AvgIpc) is 2.41. The fourth-order valence-electron chi connectivity index (χ4n) is 2.04. The maximum absolute atomic E-state index is 9.33. The van der Waals surface area contributed by atoms with Crippen molar-refractivity contribution in [1.82, 2.24) is 0 Å². The van der Waals surface area contributed by atoms with Crippen LogP contribution in [-0.4, -0.2) is 5.11 Å². The molecule has 1 N–H and O–H groups in total. The van der Waals surface area contributed by atoms with E-state index < -0.39 is 0 Å². The highest BCUT2D eigenvalue weighted by Gasteiger charge is 2.02. The topological polar surface area (TPSA) is 20.2 Å². The Morgan fingerprint density at radius 2 is 1.59 bits per heavy atom. The summed E-state index contributed by atoms with van der Waals surface area (Å²) in [7, 11) is 0. The van der Waals surface area contributed by atoms with Gasteiger partial charge in [-0.15, -0.1) is 0 Å². The molecule has 3 rings (SSSR count). The number of phenolic OH excluding ortho intramolecular Hbond substituents is 1. The first kappa shape index (κ1) is 8.82. The zero-order valence-electron chi connectivity index (χ0n) is 10.2. The van der Waals surface area contributed by atoms with Crippen LogP contribution in [0.4, 0.5) is 0 Å². The Labute approximate surface area is 101 Å². The summed E-state index contributed by atoms with van der Waals surface area (Å²) in [6, 6.07) is 19.3. The summed E-state index contributed by atoms with van der Waals surface area (Å²) in [5.74, 6) is 0.264. The smallest absolute Gasteiger partial charge is 0.115 e. The number of fused-ring (bicyclic) bond motifs is 1. The molecule has 0 saturated heterocycles. The lowest BCUT2D eigenvalue weighted by Gasteiger charge is -2.06. The predicted octanol–water partition coefficient (Wildman–Crippen LogP) is 4.21.